The minimum atomic E-state index is -0.737. The summed E-state index contributed by atoms with van der Waals surface area (Å²) in [6, 6.07) is 12.3. The van der Waals surface area contributed by atoms with Crippen molar-refractivity contribution in [3.63, 3.8) is 0 Å². The van der Waals surface area contributed by atoms with Crippen LogP contribution in [-0.2, 0) is 21.4 Å². The molecule has 5 nitrogen and oxygen atoms in total. The van der Waals surface area contributed by atoms with Crippen LogP contribution in [0.3, 0.4) is 0 Å². The van der Waals surface area contributed by atoms with Crippen LogP contribution in [0.5, 0.6) is 11.5 Å². The van der Waals surface area contributed by atoms with Crippen LogP contribution in [0.25, 0.3) is 0 Å². The zero-order chi connectivity index (χ0) is 18.7. The molecule has 2 unspecified atom stereocenters. The summed E-state index contributed by atoms with van der Waals surface area (Å²) in [7, 11) is 0. The van der Waals surface area contributed by atoms with E-state index in [1.54, 1.807) is 0 Å². The standard InChI is InChI=1S/C23H23NO4/c25-22-23(14-28-21-11-20-16(7-9-27-20)10-18(21)23)17-5-1-2-6-19(17)24(22)12-15-4-3-8-26-13-15/h1-2,5-6,10-11,15H,3-4,7-9,12-14H2. The first-order valence-corrected chi connectivity index (χ1v) is 10.2. The highest BCUT2D eigenvalue weighted by Crippen LogP contribution is 2.54. The number of ether oxygens (including phenoxy) is 3. The Balaban J connectivity index is 1.46. The summed E-state index contributed by atoms with van der Waals surface area (Å²) in [4.78, 5) is 15.9. The summed E-state index contributed by atoms with van der Waals surface area (Å²) in [6.07, 6.45) is 3.06. The molecule has 1 spiro atoms. The van der Waals surface area contributed by atoms with Gasteiger partial charge in [0.25, 0.3) is 0 Å². The first kappa shape index (κ1) is 16.4. The summed E-state index contributed by atoms with van der Waals surface area (Å²) in [5, 5.41) is 0. The Bertz CT molecular complexity index is 965. The zero-order valence-electron chi connectivity index (χ0n) is 15.8. The van der Waals surface area contributed by atoms with Crippen molar-refractivity contribution < 1.29 is 19.0 Å². The molecule has 1 saturated heterocycles. The molecule has 1 fully saturated rings. The Labute approximate surface area is 164 Å². The molecule has 2 atom stereocenters. The van der Waals surface area contributed by atoms with Gasteiger partial charge in [-0.05, 0) is 36.1 Å². The quantitative estimate of drug-likeness (QED) is 0.807. The lowest BCUT2D eigenvalue weighted by atomic mass is 9.76. The van der Waals surface area contributed by atoms with Gasteiger partial charge >= 0.3 is 0 Å². The van der Waals surface area contributed by atoms with Gasteiger partial charge in [0.05, 0.1) is 13.2 Å². The fraction of sp³-hybridized carbons (Fsp3) is 0.435. The molecule has 0 bridgehead atoms. The number of amides is 1. The number of rotatable bonds is 2. The lowest BCUT2D eigenvalue weighted by molar-refractivity contribution is -0.122. The number of hydrogen-bond donors (Lipinski definition) is 0. The first-order chi connectivity index (χ1) is 13.8. The van der Waals surface area contributed by atoms with E-state index in [1.165, 1.54) is 5.56 Å². The molecule has 2 aromatic carbocycles. The van der Waals surface area contributed by atoms with E-state index in [2.05, 4.69) is 18.2 Å². The summed E-state index contributed by atoms with van der Waals surface area (Å²) < 4.78 is 17.4. The van der Waals surface area contributed by atoms with E-state index < -0.39 is 5.41 Å². The summed E-state index contributed by atoms with van der Waals surface area (Å²) in [6.45, 7) is 3.33. The topological polar surface area (TPSA) is 48.0 Å². The van der Waals surface area contributed by atoms with E-state index in [-0.39, 0.29) is 5.91 Å². The van der Waals surface area contributed by atoms with Crippen LogP contribution in [0.4, 0.5) is 5.69 Å². The minimum Gasteiger partial charge on any atom is -0.493 e. The normalized spacial score (nSPS) is 27.4. The number of benzene rings is 2. The van der Waals surface area contributed by atoms with Gasteiger partial charge in [-0.1, -0.05) is 18.2 Å². The van der Waals surface area contributed by atoms with E-state index in [4.69, 9.17) is 14.2 Å². The number of carbonyl (C=O) groups excluding carboxylic acids is 1. The van der Waals surface area contributed by atoms with E-state index in [0.717, 1.165) is 60.8 Å². The van der Waals surface area contributed by atoms with Crippen LogP contribution in [0, 0.1) is 5.92 Å². The fourth-order valence-corrected chi connectivity index (χ4v) is 5.24. The van der Waals surface area contributed by atoms with Crippen molar-refractivity contribution in [2.24, 2.45) is 5.92 Å². The largest absolute Gasteiger partial charge is 0.493 e. The molecule has 0 aliphatic carbocycles. The number of para-hydroxylation sites is 1. The third kappa shape index (κ3) is 2.14. The van der Waals surface area contributed by atoms with Gasteiger partial charge in [0, 0.05) is 42.8 Å². The molecule has 0 radical (unpaired) electrons. The maximum absolute atomic E-state index is 13.9. The second kappa shape index (κ2) is 5.98. The SMILES string of the molecule is O=C1N(CC2CCCOC2)c2ccccc2C12COc1cc3c(cc12)CCO3. The molecule has 1 amide bonds. The highest BCUT2D eigenvalue weighted by molar-refractivity contribution is 6.11. The van der Waals surface area contributed by atoms with E-state index in [0.29, 0.717) is 25.7 Å². The molecule has 4 aliphatic heterocycles. The monoisotopic (exact) mass is 377 g/mol. The molecule has 5 heteroatoms. The number of carbonyl (C=O) groups is 1. The number of anilines is 1. The molecule has 0 N–H and O–H groups in total. The third-order valence-electron chi connectivity index (χ3n) is 6.66. The van der Waals surface area contributed by atoms with Crippen LogP contribution >= 0.6 is 0 Å². The molecule has 2 aromatic rings. The predicted molar refractivity (Wildman–Crippen MR) is 104 cm³/mol. The second-order valence-corrected chi connectivity index (χ2v) is 8.26. The second-order valence-electron chi connectivity index (χ2n) is 8.26. The molecule has 4 heterocycles. The first-order valence-electron chi connectivity index (χ1n) is 10.2. The third-order valence-corrected chi connectivity index (χ3v) is 6.66. The molecule has 6 rings (SSSR count). The molecule has 144 valence electrons. The molecule has 0 aromatic heterocycles. The fourth-order valence-electron chi connectivity index (χ4n) is 5.24. The maximum Gasteiger partial charge on any atom is 0.245 e. The van der Waals surface area contributed by atoms with Gasteiger partial charge < -0.3 is 19.1 Å². The molecule has 28 heavy (non-hydrogen) atoms. The van der Waals surface area contributed by atoms with Gasteiger partial charge in [0.15, 0.2) is 0 Å². The Morgan fingerprint density at radius 1 is 1.07 bits per heavy atom. The van der Waals surface area contributed by atoms with Crippen LogP contribution < -0.4 is 14.4 Å². The van der Waals surface area contributed by atoms with Gasteiger partial charge in [-0.2, -0.15) is 0 Å². The van der Waals surface area contributed by atoms with Gasteiger partial charge in [0.1, 0.15) is 23.5 Å². The van der Waals surface area contributed by atoms with Gasteiger partial charge in [-0.15, -0.1) is 0 Å². The van der Waals surface area contributed by atoms with Gasteiger partial charge in [0.2, 0.25) is 5.91 Å². The Kier molecular flexibility index (Phi) is 3.51. The predicted octanol–water partition coefficient (Wildman–Crippen LogP) is 3.07. The minimum absolute atomic E-state index is 0.136. The maximum atomic E-state index is 13.9. The molecular weight excluding hydrogens is 354 g/mol. The number of hydrogen-bond acceptors (Lipinski definition) is 4. The van der Waals surface area contributed by atoms with Crippen molar-refractivity contribution in [1.82, 2.24) is 0 Å². The van der Waals surface area contributed by atoms with E-state index in [1.807, 2.05) is 23.1 Å². The van der Waals surface area contributed by atoms with Crippen molar-refractivity contribution in [1.29, 1.82) is 0 Å². The molecular formula is C23H23NO4. The van der Waals surface area contributed by atoms with Crippen molar-refractivity contribution in [2.45, 2.75) is 24.7 Å². The van der Waals surface area contributed by atoms with E-state index >= 15 is 0 Å². The summed E-state index contributed by atoms with van der Waals surface area (Å²) in [5.41, 5.74) is 3.52. The highest BCUT2D eigenvalue weighted by Gasteiger charge is 2.57. The number of fused-ring (bicyclic) bond motifs is 5. The highest BCUT2D eigenvalue weighted by atomic mass is 16.5. The van der Waals surface area contributed by atoms with E-state index in [9.17, 15) is 4.79 Å². The lowest BCUT2D eigenvalue weighted by Crippen LogP contribution is -2.45. The van der Waals surface area contributed by atoms with Crippen molar-refractivity contribution in [3.05, 3.63) is 53.1 Å². The average Bonchev–Trinajstić information content (AvgIpc) is 3.40. The van der Waals surface area contributed by atoms with Crippen LogP contribution in [-0.4, -0.2) is 38.9 Å². The van der Waals surface area contributed by atoms with Gasteiger partial charge in [-0.3, -0.25) is 4.79 Å². The Hall–Kier alpha value is -2.53. The zero-order valence-corrected chi connectivity index (χ0v) is 15.8. The van der Waals surface area contributed by atoms with Crippen molar-refractivity contribution >= 4 is 11.6 Å². The average molecular weight is 377 g/mol. The summed E-state index contributed by atoms with van der Waals surface area (Å²) >= 11 is 0. The van der Waals surface area contributed by atoms with Crippen molar-refractivity contribution in [2.75, 3.05) is 37.9 Å². The molecule has 0 saturated carbocycles. The summed E-state index contributed by atoms with van der Waals surface area (Å²) in [5.74, 6) is 2.20. The number of nitrogens with zero attached hydrogens (tertiary/aromatic N) is 1. The van der Waals surface area contributed by atoms with Crippen LogP contribution in [0.2, 0.25) is 0 Å². The lowest BCUT2D eigenvalue weighted by Gasteiger charge is -2.29. The van der Waals surface area contributed by atoms with Crippen LogP contribution in [0.1, 0.15) is 29.5 Å². The van der Waals surface area contributed by atoms with Crippen molar-refractivity contribution in [3.8, 4) is 11.5 Å². The Morgan fingerprint density at radius 3 is 2.89 bits per heavy atom. The van der Waals surface area contributed by atoms with Gasteiger partial charge in [-0.25, -0.2) is 0 Å². The smallest absolute Gasteiger partial charge is 0.245 e. The van der Waals surface area contributed by atoms with Crippen LogP contribution in [0.15, 0.2) is 36.4 Å². The Morgan fingerprint density at radius 2 is 2.00 bits per heavy atom. The molecule has 4 aliphatic rings.